The van der Waals surface area contributed by atoms with Crippen LogP contribution in [0.4, 0.5) is 0 Å². The SMILES string of the molecule is CCCC(C)CS(=O)(=O)OCC. The summed E-state index contributed by atoms with van der Waals surface area (Å²) in [5, 5.41) is 0. The Labute approximate surface area is 75.2 Å². The van der Waals surface area contributed by atoms with E-state index >= 15 is 0 Å². The molecule has 0 spiro atoms. The van der Waals surface area contributed by atoms with E-state index in [0.29, 0.717) is 0 Å². The molecule has 0 N–H and O–H groups in total. The Kier molecular flexibility index (Phi) is 5.50. The monoisotopic (exact) mass is 194 g/mol. The van der Waals surface area contributed by atoms with Gasteiger partial charge in [0, 0.05) is 0 Å². The zero-order valence-electron chi connectivity index (χ0n) is 8.04. The molecule has 0 saturated carbocycles. The van der Waals surface area contributed by atoms with Gasteiger partial charge in [0.25, 0.3) is 10.1 Å². The van der Waals surface area contributed by atoms with Gasteiger partial charge in [0.05, 0.1) is 12.4 Å². The van der Waals surface area contributed by atoms with Crippen LogP contribution in [0, 0.1) is 5.92 Å². The lowest BCUT2D eigenvalue weighted by Gasteiger charge is -2.09. The van der Waals surface area contributed by atoms with E-state index in [9.17, 15) is 8.42 Å². The first kappa shape index (κ1) is 11.9. The van der Waals surface area contributed by atoms with Crippen LogP contribution in [0.15, 0.2) is 0 Å². The average Bonchev–Trinajstić information content (AvgIpc) is 1.85. The van der Waals surface area contributed by atoms with Crippen LogP contribution in [-0.2, 0) is 14.3 Å². The zero-order valence-corrected chi connectivity index (χ0v) is 8.86. The molecular weight excluding hydrogens is 176 g/mol. The van der Waals surface area contributed by atoms with Gasteiger partial charge in [0.2, 0.25) is 0 Å². The van der Waals surface area contributed by atoms with Crippen LogP contribution in [0.2, 0.25) is 0 Å². The molecule has 0 fully saturated rings. The van der Waals surface area contributed by atoms with Crippen LogP contribution in [0.25, 0.3) is 0 Å². The Hall–Kier alpha value is -0.0900. The molecule has 0 aliphatic heterocycles. The van der Waals surface area contributed by atoms with Crippen molar-refractivity contribution in [1.29, 1.82) is 0 Å². The van der Waals surface area contributed by atoms with E-state index in [0.717, 1.165) is 12.8 Å². The topological polar surface area (TPSA) is 43.4 Å². The predicted octanol–water partition coefficient (Wildman–Crippen LogP) is 1.79. The van der Waals surface area contributed by atoms with Crippen LogP contribution >= 0.6 is 0 Å². The average molecular weight is 194 g/mol. The zero-order chi connectivity index (χ0) is 9.61. The summed E-state index contributed by atoms with van der Waals surface area (Å²) in [6.07, 6.45) is 1.95. The summed E-state index contributed by atoms with van der Waals surface area (Å²) in [6.45, 7) is 5.90. The molecule has 0 aliphatic carbocycles. The third-order valence-corrected chi connectivity index (χ3v) is 3.14. The highest BCUT2D eigenvalue weighted by Gasteiger charge is 2.14. The summed E-state index contributed by atoms with van der Waals surface area (Å²) in [4.78, 5) is 0. The predicted molar refractivity (Wildman–Crippen MR) is 49.5 cm³/mol. The van der Waals surface area contributed by atoms with E-state index in [1.54, 1.807) is 6.92 Å². The maximum atomic E-state index is 11.1. The summed E-state index contributed by atoms with van der Waals surface area (Å²) in [7, 11) is -3.25. The lowest BCUT2D eigenvalue weighted by molar-refractivity contribution is 0.333. The summed E-state index contributed by atoms with van der Waals surface area (Å²) < 4.78 is 26.8. The van der Waals surface area contributed by atoms with Gasteiger partial charge in [0.1, 0.15) is 0 Å². The molecule has 1 unspecified atom stereocenters. The fourth-order valence-corrected chi connectivity index (χ4v) is 2.47. The smallest absolute Gasteiger partial charge is 0.267 e. The van der Waals surface area contributed by atoms with Gasteiger partial charge in [-0.25, -0.2) is 0 Å². The summed E-state index contributed by atoms with van der Waals surface area (Å²) in [5.41, 5.74) is 0. The lowest BCUT2D eigenvalue weighted by Crippen LogP contribution is -2.16. The fourth-order valence-electron chi connectivity index (χ4n) is 1.15. The van der Waals surface area contributed by atoms with Crippen molar-refractivity contribution in [2.45, 2.75) is 33.6 Å². The van der Waals surface area contributed by atoms with Gasteiger partial charge in [-0.1, -0.05) is 20.3 Å². The molecular formula is C8H18O3S. The normalized spacial score (nSPS) is 14.6. The van der Waals surface area contributed by atoms with Gasteiger partial charge in [-0.2, -0.15) is 8.42 Å². The molecule has 0 amide bonds. The van der Waals surface area contributed by atoms with E-state index in [1.807, 2.05) is 13.8 Å². The maximum Gasteiger partial charge on any atom is 0.267 e. The van der Waals surface area contributed by atoms with E-state index in [-0.39, 0.29) is 18.3 Å². The van der Waals surface area contributed by atoms with Crippen molar-refractivity contribution in [3.63, 3.8) is 0 Å². The fraction of sp³-hybridized carbons (Fsp3) is 1.00. The second kappa shape index (κ2) is 5.54. The van der Waals surface area contributed by atoms with Gasteiger partial charge in [-0.15, -0.1) is 0 Å². The van der Waals surface area contributed by atoms with Crippen molar-refractivity contribution in [2.24, 2.45) is 5.92 Å². The lowest BCUT2D eigenvalue weighted by atomic mass is 10.1. The second-order valence-electron chi connectivity index (χ2n) is 3.02. The standard InChI is InChI=1S/C8H18O3S/c1-4-6-8(3)7-12(9,10)11-5-2/h8H,4-7H2,1-3H3. The van der Waals surface area contributed by atoms with Gasteiger partial charge in [-0.05, 0) is 19.3 Å². The van der Waals surface area contributed by atoms with Crippen molar-refractivity contribution in [1.82, 2.24) is 0 Å². The highest BCUT2D eigenvalue weighted by atomic mass is 32.2. The van der Waals surface area contributed by atoms with Crippen LogP contribution in [0.1, 0.15) is 33.6 Å². The first-order valence-electron chi connectivity index (χ1n) is 4.39. The molecule has 0 aromatic rings. The van der Waals surface area contributed by atoms with E-state index in [1.165, 1.54) is 0 Å². The van der Waals surface area contributed by atoms with Gasteiger partial charge < -0.3 is 0 Å². The minimum absolute atomic E-state index is 0.147. The summed E-state index contributed by atoms with van der Waals surface area (Å²) in [5.74, 6) is 0.348. The second-order valence-corrected chi connectivity index (χ2v) is 4.71. The third kappa shape index (κ3) is 5.55. The largest absolute Gasteiger partial charge is 0.270 e. The summed E-state index contributed by atoms with van der Waals surface area (Å²) >= 11 is 0. The quantitative estimate of drug-likeness (QED) is 0.605. The maximum absolute atomic E-state index is 11.1. The Morgan fingerprint density at radius 2 is 1.92 bits per heavy atom. The van der Waals surface area contributed by atoms with E-state index in [4.69, 9.17) is 0 Å². The van der Waals surface area contributed by atoms with Crippen molar-refractivity contribution >= 4 is 10.1 Å². The van der Waals surface area contributed by atoms with Crippen LogP contribution < -0.4 is 0 Å². The minimum atomic E-state index is -3.25. The van der Waals surface area contributed by atoms with Gasteiger partial charge >= 0.3 is 0 Å². The van der Waals surface area contributed by atoms with E-state index < -0.39 is 10.1 Å². The molecule has 74 valence electrons. The Morgan fingerprint density at radius 3 is 2.33 bits per heavy atom. The highest BCUT2D eigenvalue weighted by molar-refractivity contribution is 7.86. The van der Waals surface area contributed by atoms with E-state index in [2.05, 4.69) is 4.18 Å². The van der Waals surface area contributed by atoms with Crippen LogP contribution in [0.5, 0.6) is 0 Å². The molecule has 1 atom stereocenters. The Morgan fingerprint density at radius 1 is 1.33 bits per heavy atom. The van der Waals surface area contributed by atoms with Crippen molar-refractivity contribution in [2.75, 3.05) is 12.4 Å². The molecule has 0 bridgehead atoms. The molecule has 4 heteroatoms. The molecule has 0 saturated heterocycles. The van der Waals surface area contributed by atoms with Gasteiger partial charge in [-0.3, -0.25) is 4.18 Å². The number of hydrogen-bond acceptors (Lipinski definition) is 3. The molecule has 12 heavy (non-hydrogen) atoms. The van der Waals surface area contributed by atoms with Crippen LogP contribution in [-0.4, -0.2) is 20.8 Å². The first-order valence-corrected chi connectivity index (χ1v) is 5.96. The highest BCUT2D eigenvalue weighted by Crippen LogP contribution is 2.09. The molecule has 0 aliphatic rings. The molecule has 3 nitrogen and oxygen atoms in total. The van der Waals surface area contributed by atoms with Crippen molar-refractivity contribution < 1.29 is 12.6 Å². The molecule has 0 aromatic heterocycles. The molecule has 0 aromatic carbocycles. The Balaban J connectivity index is 3.89. The number of rotatable bonds is 6. The van der Waals surface area contributed by atoms with Crippen molar-refractivity contribution in [3.8, 4) is 0 Å². The third-order valence-electron chi connectivity index (χ3n) is 1.57. The molecule has 0 radical (unpaired) electrons. The van der Waals surface area contributed by atoms with Crippen molar-refractivity contribution in [3.05, 3.63) is 0 Å². The van der Waals surface area contributed by atoms with Gasteiger partial charge in [0.15, 0.2) is 0 Å². The number of hydrogen-bond donors (Lipinski definition) is 0. The summed E-state index contributed by atoms with van der Waals surface area (Å²) in [6, 6.07) is 0. The molecule has 0 rings (SSSR count). The molecule has 0 heterocycles. The first-order chi connectivity index (χ1) is 5.52. The minimum Gasteiger partial charge on any atom is -0.270 e. The Bertz CT molecular complexity index is 196. The van der Waals surface area contributed by atoms with Crippen LogP contribution in [0.3, 0.4) is 0 Å².